The zero-order chi connectivity index (χ0) is 13.6. The molecule has 1 aromatic carbocycles. The van der Waals surface area contributed by atoms with Crippen LogP contribution in [0.4, 0.5) is 13.2 Å². The summed E-state index contributed by atoms with van der Waals surface area (Å²) in [5.74, 6) is -0.583. The third-order valence-corrected chi connectivity index (χ3v) is 2.01. The fraction of sp³-hybridized carbons (Fsp3) is 0.364. The summed E-state index contributed by atoms with van der Waals surface area (Å²) in [6.45, 7) is 0. The molecule has 1 amide bonds. The molecule has 0 aliphatic rings. The van der Waals surface area contributed by atoms with Gasteiger partial charge in [0.25, 0.3) is 0 Å². The lowest BCUT2D eigenvalue weighted by molar-refractivity contribution is -0.274. The first kappa shape index (κ1) is 14.3. The van der Waals surface area contributed by atoms with Gasteiger partial charge in [0.15, 0.2) is 0 Å². The third kappa shape index (κ3) is 5.53. The maximum absolute atomic E-state index is 11.9. The van der Waals surface area contributed by atoms with Crippen LogP contribution in [0, 0.1) is 0 Å². The molecule has 0 bridgehead atoms. The van der Waals surface area contributed by atoms with Crippen LogP contribution >= 0.6 is 0 Å². The van der Waals surface area contributed by atoms with Gasteiger partial charge in [-0.2, -0.15) is 0 Å². The van der Waals surface area contributed by atoms with Crippen molar-refractivity contribution in [3.05, 3.63) is 29.8 Å². The molecule has 0 unspecified atom stereocenters. The van der Waals surface area contributed by atoms with E-state index in [1.165, 1.54) is 31.4 Å². The Labute approximate surface area is 102 Å². The highest BCUT2D eigenvalue weighted by Crippen LogP contribution is 2.22. The first-order valence-corrected chi connectivity index (χ1v) is 5.07. The van der Waals surface area contributed by atoms with Crippen LogP contribution in [0.1, 0.15) is 12.0 Å². The molecule has 0 atom stereocenters. The van der Waals surface area contributed by atoms with Crippen molar-refractivity contribution in [3.63, 3.8) is 0 Å². The van der Waals surface area contributed by atoms with Gasteiger partial charge in [-0.1, -0.05) is 12.1 Å². The Morgan fingerprint density at radius 1 is 1.28 bits per heavy atom. The van der Waals surface area contributed by atoms with Gasteiger partial charge in [-0.25, -0.2) is 5.48 Å². The smallest absolute Gasteiger partial charge is 0.406 e. The van der Waals surface area contributed by atoms with Gasteiger partial charge in [-0.05, 0) is 24.1 Å². The van der Waals surface area contributed by atoms with E-state index in [0.29, 0.717) is 6.42 Å². The minimum absolute atomic E-state index is 0.188. The van der Waals surface area contributed by atoms with Gasteiger partial charge in [-0.15, -0.1) is 13.2 Å². The van der Waals surface area contributed by atoms with Gasteiger partial charge < -0.3 is 4.74 Å². The molecule has 1 N–H and O–H groups in total. The number of ether oxygens (including phenoxy) is 1. The van der Waals surface area contributed by atoms with Crippen molar-refractivity contribution >= 4 is 5.91 Å². The van der Waals surface area contributed by atoms with Crippen molar-refractivity contribution in [3.8, 4) is 5.75 Å². The Kier molecular flexibility index (Phi) is 4.96. The molecule has 18 heavy (non-hydrogen) atoms. The molecule has 0 saturated heterocycles. The Balaban J connectivity index is 2.48. The van der Waals surface area contributed by atoms with E-state index in [1.54, 1.807) is 0 Å². The van der Waals surface area contributed by atoms with E-state index in [2.05, 4.69) is 15.1 Å². The number of aryl methyl sites for hydroxylation is 1. The summed E-state index contributed by atoms with van der Waals surface area (Å²) >= 11 is 0. The van der Waals surface area contributed by atoms with Crippen LogP contribution < -0.4 is 10.2 Å². The molecule has 0 aliphatic heterocycles. The topological polar surface area (TPSA) is 47.6 Å². The lowest BCUT2D eigenvalue weighted by Crippen LogP contribution is -2.21. The molecule has 0 radical (unpaired) electrons. The fourth-order valence-corrected chi connectivity index (χ4v) is 1.28. The summed E-state index contributed by atoms with van der Waals surface area (Å²) < 4.78 is 39.4. The minimum Gasteiger partial charge on any atom is -0.406 e. The zero-order valence-electron chi connectivity index (χ0n) is 9.58. The molecule has 1 rings (SSSR count). The maximum atomic E-state index is 11.9. The van der Waals surface area contributed by atoms with Gasteiger partial charge in [0, 0.05) is 6.42 Å². The largest absolute Gasteiger partial charge is 0.573 e. The van der Waals surface area contributed by atoms with Crippen molar-refractivity contribution < 1.29 is 27.5 Å². The van der Waals surface area contributed by atoms with Crippen LogP contribution in [0.5, 0.6) is 5.75 Å². The number of alkyl halides is 3. The molecule has 4 nitrogen and oxygen atoms in total. The molecule has 0 spiro atoms. The Morgan fingerprint density at radius 3 is 2.39 bits per heavy atom. The summed E-state index contributed by atoms with van der Waals surface area (Å²) in [6.07, 6.45) is -4.10. The monoisotopic (exact) mass is 263 g/mol. The zero-order valence-corrected chi connectivity index (χ0v) is 9.58. The SMILES string of the molecule is CONC(=O)CCc1ccc(OC(F)(F)F)cc1. The molecular formula is C11H12F3NO3. The fourth-order valence-electron chi connectivity index (χ4n) is 1.28. The second-order valence-electron chi connectivity index (χ2n) is 3.42. The quantitative estimate of drug-likeness (QED) is 0.828. The standard InChI is InChI=1S/C11H12F3NO3/c1-17-15-10(16)7-4-8-2-5-9(6-3-8)18-11(12,13)14/h2-3,5-6H,4,7H2,1H3,(H,15,16). The van der Waals surface area contributed by atoms with Gasteiger partial charge >= 0.3 is 6.36 Å². The van der Waals surface area contributed by atoms with E-state index in [0.717, 1.165) is 5.56 Å². The van der Waals surface area contributed by atoms with E-state index in [-0.39, 0.29) is 18.1 Å². The number of carbonyl (C=O) groups is 1. The minimum atomic E-state index is -4.69. The normalized spacial score (nSPS) is 11.1. The molecule has 1 aromatic rings. The van der Waals surface area contributed by atoms with E-state index in [4.69, 9.17) is 0 Å². The van der Waals surface area contributed by atoms with E-state index in [9.17, 15) is 18.0 Å². The van der Waals surface area contributed by atoms with Crippen LogP contribution in [0.25, 0.3) is 0 Å². The molecule has 7 heteroatoms. The highest BCUT2D eigenvalue weighted by Gasteiger charge is 2.30. The van der Waals surface area contributed by atoms with Crippen LogP contribution in [0.3, 0.4) is 0 Å². The van der Waals surface area contributed by atoms with Crippen LogP contribution in [0.2, 0.25) is 0 Å². The maximum Gasteiger partial charge on any atom is 0.573 e. The lowest BCUT2D eigenvalue weighted by atomic mass is 10.1. The van der Waals surface area contributed by atoms with Gasteiger partial charge in [0.1, 0.15) is 5.75 Å². The van der Waals surface area contributed by atoms with Crippen LogP contribution in [0.15, 0.2) is 24.3 Å². The predicted molar refractivity (Wildman–Crippen MR) is 56.6 cm³/mol. The second kappa shape index (κ2) is 6.25. The highest BCUT2D eigenvalue weighted by molar-refractivity contribution is 5.75. The van der Waals surface area contributed by atoms with E-state index in [1.807, 2.05) is 0 Å². The summed E-state index contributed by atoms with van der Waals surface area (Å²) in [7, 11) is 1.32. The predicted octanol–water partition coefficient (Wildman–Crippen LogP) is 2.20. The van der Waals surface area contributed by atoms with Crippen molar-refractivity contribution in [1.82, 2.24) is 5.48 Å². The second-order valence-corrected chi connectivity index (χ2v) is 3.42. The third-order valence-electron chi connectivity index (χ3n) is 2.01. The summed E-state index contributed by atoms with van der Waals surface area (Å²) in [5.41, 5.74) is 2.88. The number of rotatable bonds is 5. The molecule has 0 heterocycles. The molecule has 0 saturated carbocycles. The lowest BCUT2D eigenvalue weighted by Gasteiger charge is -2.09. The Bertz CT molecular complexity index is 390. The van der Waals surface area contributed by atoms with E-state index >= 15 is 0 Å². The number of carbonyl (C=O) groups excluding carboxylic acids is 1. The highest BCUT2D eigenvalue weighted by atomic mass is 19.4. The average molecular weight is 263 g/mol. The molecular weight excluding hydrogens is 251 g/mol. The van der Waals surface area contributed by atoms with Crippen LogP contribution in [-0.2, 0) is 16.1 Å². The average Bonchev–Trinajstić information content (AvgIpc) is 2.26. The number of benzene rings is 1. The van der Waals surface area contributed by atoms with Gasteiger partial charge in [-0.3, -0.25) is 9.63 Å². The number of hydrogen-bond acceptors (Lipinski definition) is 3. The van der Waals surface area contributed by atoms with Crippen molar-refractivity contribution in [2.24, 2.45) is 0 Å². The van der Waals surface area contributed by atoms with Crippen molar-refractivity contribution in [2.75, 3.05) is 7.11 Å². The Morgan fingerprint density at radius 2 is 1.89 bits per heavy atom. The first-order valence-electron chi connectivity index (χ1n) is 5.07. The number of hydrogen-bond donors (Lipinski definition) is 1. The summed E-state index contributed by atoms with van der Waals surface area (Å²) in [4.78, 5) is 15.5. The first-order chi connectivity index (χ1) is 8.40. The van der Waals surface area contributed by atoms with Gasteiger partial charge in [0.05, 0.1) is 7.11 Å². The summed E-state index contributed by atoms with van der Waals surface area (Å²) in [5, 5.41) is 0. The Hall–Kier alpha value is -1.76. The number of amides is 1. The number of hydroxylamine groups is 1. The molecule has 0 aliphatic carbocycles. The van der Waals surface area contributed by atoms with Crippen molar-refractivity contribution in [1.29, 1.82) is 0 Å². The molecule has 100 valence electrons. The van der Waals surface area contributed by atoms with E-state index < -0.39 is 6.36 Å². The molecule has 0 fully saturated rings. The van der Waals surface area contributed by atoms with Crippen molar-refractivity contribution in [2.45, 2.75) is 19.2 Å². The van der Waals surface area contributed by atoms with Gasteiger partial charge in [0.2, 0.25) is 5.91 Å². The number of nitrogens with one attached hydrogen (secondary N) is 1. The molecule has 0 aromatic heterocycles. The van der Waals surface area contributed by atoms with Crippen LogP contribution in [-0.4, -0.2) is 19.4 Å². The number of halogens is 3. The summed E-state index contributed by atoms with van der Waals surface area (Å²) in [6, 6.07) is 5.36.